The maximum absolute atomic E-state index is 13.3. The molecule has 2 atom stereocenters. The number of amides is 2. The van der Waals surface area contributed by atoms with Crippen LogP contribution in [0.1, 0.15) is 32.8 Å². The van der Waals surface area contributed by atoms with E-state index in [0.29, 0.717) is 17.0 Å². The molecule has 1 aromatic carbocycles. The summed E-state index contributed by atoms with van der Waals surface area (Å²) in [5.74, 6) is -0.821. The molecule has 4 nitrogen and oxygen atoms in total. The highest BCUT2D eigenvalue weighted by Gasteiger charge is 2.45. The Bertz CT molecular complexity index is 593. The molecule has 0 saturated carbocycles. The Balaban J connectivity index is 2.34. The molecular weight excluding hydrogens is 295 g/mol. The van der Waals surface area contributed by atoms with E-state index in [1.54, 1.807) is 13.8 Å². The largest absolute Gasteiger partial charge is 0.340 e. The van der Waals surface area contributed by atoms with Gasteiger partial charge in [-0.15, -0.1) is 0 Å². The maximum Gasteiger partial charge on any atom is 0.249 e. The average Bonchev–Trinajstić information content (AvgIpc) is 2.45. The van der Waals surface area contributed by atoms with Gasteiger partial charge in [-0.1, -0.05) is 18.5 Å². The first-order valence-corrected chi connectivity index (χ1v) is 7.23. The Morgan fingerprint density at radius 2 is 2.10 bits per heavy atom. The molecule has 1 saturated heterocycles. The minimum Gasteiger partial charge on any atom is -0.340 e. The Morgan fingerprint density at radius 1 is 1.43 bits per heavy atom. The van der Waals surface area contributed by atoms with Crippen molar-refractivity contribution in [1.82, 2.24) is 10.2 Å². The second-order valence-corrected chi connectivity index (χ2v) is 5.93. The Labute approximate surface area is 128 Å². The van der Waals surface area contributed by atoms with Crippen molar-refractivity contribution < 1.29 is 14.0 Å². The van der Waals surface area contributed by atoms with E-state index in [0.717, 1.165) is 0 Å². The summed E-state index contributed by atoms with van der Waals surface area (Å²) in [6, 6.07) is 3.38. The van der Waals surface area contributed by atoms with Gasteiger partial charge in [0.2, 0.25) is 11.8 Å². The van der Waals surface area contributed by atoms with E-state index in [9.17, 15) is 14.0 Å². The number of hydrogen-bond acceptors (Lipinski definition) is 2. The van der Waals surface area contributed by atoms with Crippen molar-refractivity contribution in [3.05, 3.63) is 34.6 Å². The SMILES string of the molecule is CCC1(C)NC(=O)C(C)N(Cc2cc(F)ccc2Cl)C1=O. The van der Waals surface area contributed by atoms with E-state index in [1.807, 2.05) is 6.92 Å². The molecule has 2 unspecified atom stereocenters. The van der Waals surface area contributed by atoms with Crippen molar-refractivity contribution >= 4 is 23.4 Å². The first-order chi connectivity index (χ1) is 9.78. The summed E-state index contributed by atoms with van der Waals surface area (Å²) in [5, 5.41) is 3.12. The summed E-state index contributed by atoms with van der Waals surface area (Å²) in [6.07, 6.45) is 0.484. The molecule has 1 aliphatic heterocycles. The van der Waals surface area contributed by atoms with Gasteiger partial charge in [-0.05, 0) is 44.0 Å². The quantitative estimate of drug-likeness (QED) is 0.932. The van der Waals surface area contributed by atoms with Crippen LogP contribution in [-0.4, -0.2) is 28.3 Å². The molecule has 2 amide bonds. The summed E-state index contributed by atoms with van der Waals surface area (Å²) >= 11 is 6.05. The molecule has 0 aromatic heterocycles. The van der Waals surface area contributed by atoms with E-state index in [2.05, 4.69) is 5.32 Å². The molecule has 6 heteroatoms. The first-order valence-electron chi connectivity index (χ1n) is 6.85. The zero-order valence-corrected chi connectivity index (χ0v) is 13.0. The lowest BCUT2D eigenvalue weighted by Crippen LogP contribution is -2.68. The first kappa shape index (κ1) is 15.8. The summed E-state index contributed by atoms with van der Waals surface area (Å²) in [7, 11) is 0. The highest BCUT2D eigenvalue weighted by Crippen LogP contribution is 2.26. The van der Waals surface area contributed by atoms with Crippen molar-refractivity contribution in [2.45, 2.75) is 45.3 Å². The molecule has 0 radical (unpaired) electrons. The standard InChI is InChI=1S/C15H18ClFN2O2/c1-4-15(3)14(21)19(9(2)13(20)18-15)8-10-7-11(17)5-6-12(10)16/h5-7,9H,4,8H2,1-3H3,(H,18,20). The topological polar surface area (TPSA) is 49.4 Å². The van der Waals surface area contributed by atoms with E-state index in [-0.39, 0.29) is 18.4 Å². The van der Waals surface area contributed by atoms with Gasteiger partial charge in [-0.25, -0.2) is 4.39 Å². The number of rotatable bonds is 3. The number of nitrogens with one attached hydrogen (secondary N) is 1. The Morgan fingerprint density at radius 3 is 2.71 bits per heavy atom. The van der Waals surface area contributed by atoms with Gasteiger partial charge in [0.05, 0.1) is 0 Å². The second-order valence-electron chi connectivity index (χ2n) is 5.52. The van der Waals surface area contributed by atoms with Crippen LogP contribution in [0.15, 0.2) is 18.2 Å². The lowest BCUT2D eigenvalue weighted by molar-refractivity contribution is -0.154. The molecule has 1 N–H and O–H groups in total. The predicted octanol–water partition coefficient (Wildman–Crippen LogP) is 2.49. The molecule has 114 valence electrons. The van der Waals surface area contributed by atoms with Gasteiger partial charge in [0.1, 0.15) is 17.4 Å². The molecule has 0 aliphatic carbocycles. The van der Waals surface area contributed by atoms with E-state index in [4.69, 9.17) is 11.6 Å². The number of piperazine rings is 1. The third-order valence-electron chi connectivity index (χ3n) is 4.03. The highest BCUT2D eigenvalue weighted by molar-refractivity contribution is 6.31. The fourth-order valence-corrected chi connectivity index (χ4v) is 2.54. The van der Waals surface area contributed by atoms with Crippen LogP contribution < -0.4 is 5.32 Å². The van der Waals surface area contributed by atoms with Gasteiger partial charge >= 0.3 is 0 Å². The van der Waals surface area contributed by atoms with Gasteiger partial charge in [-0.2, -0.15) is 0 Å². The highest BCUT2D eigenvalue weighted by atomic mass is 35.5. The molecule has 1 fully saturated rings. The number of nitrogens with zero attached hydrogens (tertiary/aromatic N) is 1. The van der Waals surface area contributed by atoms with Crippen LogP contribution in [0.3, 0.4) is 0 Å². The molecule has 21 heavy (non-hydrogen) atoms. The number of carbonyl (C=O) groups is 2. The van der Waals surface area contributed by atoms with E-state index >= 15 is 0 Å². The van der Waals surface area contributed by atoms with E-state index in [1.165, 1.54) is 23.1 Å². The van der Waals surface area contributed by atoms with Crippen molar-refractivity contribution in [2.75, 3.05) is 0 Å². The van der Waals surface area contributed by atoms with Crippen molar-refractivity contribution in [2.24, 2.45) is 0 Å². The van der Waals surface area contributed by atoms with Crippen LogP contribution in [0.4, 0.5) is 4.39 Å². The van der Waals surface area contributed by atoms with Crippen LogP contribution in [0.2, 0.25) is 5.02 Å². The molecular formula is C15H18ClFN2O2. The maximum atomic E-state index is 13.3. The van der Waals surface area contributed by atoms with Crippen LogP contribution in [0, 0.1) is 5.82 Å². The number of halogens is 2. The number of carbonyl (C=O) groups excluding carboxylic acids is 2. The number of benzene rings is 1. The normalized spacial score (nSPS) is 26.0. The van der Waals surface area contributed by atoms with Gasteiger partial charge in [0.15, 0.2) is 0 Å². The third-order valence-corrected chi connectivity index (χ3v) is 4.40. The average molecular weight is 313 g/mol. The fourth-order valence-electron chi connectivity index (χ4n) is 2.36. The number of hydrogen-bond donors (Lipinski definition) is 1. The predicted molar refractivity (Wildman–Crippen MR) is 78.3 cm³/mol. The Kier molecular flexibility index (Phi) is 4.23. The second kappa shape index (κ2) is 5.64. The minimum absolute atomic E-state index is 0.111. The minimum atomic E-state index is -0.927. The smallest absolute Gasteiger partial charge is 0.249 e. The summed E-state index contributed by atoms with van der Waals surface area (Å²) < 4.78 is 13.3. The fraction of sp³-hybridized carbons (Fsp3) is 0.467. The van der Waals surface area contributed by atoms with Gasteiger partial charge in [0, 0.05) is 11.6 Å². The van der Waals surface area contributed by atoms with Crippen molar-refractivity contribution in [3.63, 3.8) is 0 Å². The van der Waals surface area contributed by atoms with Crippen LogP contribution in [-0.2, 0) is 16.1 Å². The molecule has 1 aromatic rings. The van der Waals surface area contributed by atoms with Gasteiger partial charge in [-0.3, -0.25) is 9.59 Å². The van der Waals surface area contributed by atoms with Gasteiger partial charge in [0.25, 0.3) is 0 Å². The summed E-state index contributed by atoms with van der Waals surface area (Å²) in [5.41, 5.74) is -0.436. The summed E-state index contributed by atoms with van der Waals surface area (Å²) in [4.78, 5) is 26.1. The lowest BCUT2D eigenvalue weighted by Gasteiger charge is -2.43. The van der Waals surface area contributed by atoms with Crippen molar-refractivity contribution in [3.8, 4) is 0 Å². The molecule has 2 rings (SSSR count). The molecule has 0 spiro atoms. The zero-order chi connectivity index (χ0) is 15.8. The van der Waals surface area contributed by atoms with Crippen LogP contribution in [0.5, 0.6) is 0 Å². The molecule has 1 heterocycles. The van der Waals surface area contributed by atoms with Gasteiger partial charge < -0.3 is 10.2 Å². The zero-order valence-electron chi connectivity index (χ0n) is 12.2. The third kappa shape index (κ3) is 2.88. The van der Waals surface area contributed by atoms with Crippen LogP contribution >= 0.6 is 11.6 Å². The summed E-state index contributed by atoms with van der Waals surface area (Å²) in [6.45, 7) is 5.29. The van der Waals surface area contributed by atoms with Crippen LogP contribution in [0.25, 0.3) is 0 Å². The monoisotopic (exact) mass is 312 g/mol. The Hall–Kier alpha value is -1.62. The van der Waals surface area contributed by atoms with Crippen molar-refractivity contribution in [1.29, 1.82) is 0 Å². The van der Waals surface area contributed by atoms with E-state index < -0.39 is 17.4 Å². The lowest BCUT2D eigenvalue weighted by atomic mass is 9.92. The molecule has 1 aliphatic rings. The molecule has 0 bridgehead atoms.